The van der Waals surface area contributed by atoms with Gasteiger partial charge in [-0.2, -0.15) is 15.4 Å². The molecule has 1 heterocycles. The molecular weight excluding hydrogens is 186 g/mol. The predicted octanol–water partition coefficient (Wildman–Crippen LogP) is 2.90. The Morgan fingerprint density at radius 2 is 2.00 bits per heavy atom. The molecule has 1 aromatic carbocycles. The normalized spacial score (nSPS) is 10.9. The summed E-state index contributed by atoms with van der Waals surface area (Å²) in [4.78, 5) is 0. The highest BCUT2D eigenvalue weighted by Crippen LogP contribution is 2.23. The van der Waals surface area contributed by atoms with E-state index in [1.165, 1.54) is 5.56 Å². The van der Waals surface area contributed by atoms with Crippen molar-refractivity contribution in [1.29, 1.82) is 0 Å². The van der Waals surface area contributed by atoms with E-state index in [-0.39, 0.29) is 0 Å². The van der Waals surface area contributed by atoms with Crippen molar-refractivity contribution >= 4 is 0 Å². The first-order chi connectivity index (χ1) is 7.18. The van der Waals surface area contributed by atoms with Crippen molar-refractivity contribution in [3.8, 4) is 11.3 Å². The molecule has 3 heteroatoms. The zero-order valence-corrected chi connectivity index (χ0v) is 9.28. The maximum absolute atomic E-state index is 4.15. The average Bonchev–Trinajstić information content (AvgIpc) is 2.64. The van der Waals surface area contributed by atoms with Crippen LogP contribution in [-0.2, 0) is 0 Å². The van der Waals surface area contributed by atoms with E-state index in [1.54, 1.807) is 0 Å². The fourth-order valence-electron chi connectivity index (χ4n) is 1.60. The van der Waals surface area contributed by atoms with Crippen LogP contribution in [0, 0.1) is 6.92 Å². The minimum absolute atomic E-state index is 0.539. The summed E-state index contributed by atoms with van der Waals surface area (Å²) in [5.41, 5.74) is 4.34. The summed E-state index contributed by atoms with van der Waals surface area (Å²) in [6.45, 7) is 6.34. The zero-order valence-electron chi connectivity index (χ0n) is 9.28. The van der Waals surface area contributed by atoms with Crippen LogP contribution in [0.15, 0.2) is 24.3 Å². The molecule has 0 aliphatic carbocycles. The standard InChI is InChI=1S/C12H15N3/c1-8(2)10-5-4-6-11(7-10)12-9(3)13-15-14-12/h4-8H,1-3H3,(H,13,14,15). The van der Waals surface area contributed by atoms with Crippen LogP contribution in [0.1, 0.15) is 31.0 Å². The number of H-pyrrole nitrogens is 1. The SMILES string of the molecule is Cc1n[nH]nc1-c1cccc(C(C)C)c1. The van der Waals surface area contributed by atoms with Crippen LogP contribution in [0.25, 0.3) is 11.3 Å². The Bertz CT molecular complexity index is 457. The van der Waals surface area contributed by atoms with Gasteiger partial charge in [0, 0.05) is 5.56 Å². The Balaban J connectivity index is 2.46. The van der Waals surface area contributed by atoms with E-state index in [0.717, 1.165) is 17.0 Å². The van der Waals surface area contributed by atoms with Crippen LogP contribution < -0.4 is 0 Å². The molecule has 2 aromatic rings. The second-order valence-corrected chi connectivity index (χ2v) is 4.04. The highest BCUT2D eigenvalue weighted by molar-refractivity contribution is 5.61. The molecular formula is C12H15N3. The van der Waals surface area contributed by atoms with E-state index in [4.69, 9.17) is 0 Å². The Hall–Kier alpha value is -1.64. The number of rotatable bonds is 2. The van der Waals surface area contributed by atoms with Crippen molar-refractivity contribution in [3.63, 3.8) is 0 Å². The molecule has 0 radical (unpaired) electrons. The first-order valence-corrected chi connectivity index (χ1v) is 5.16. The minimum atomic E-state index is 0.539. The number of aromatic amines is 1. The summed E-state index contributed by atoms with van der Waals surface area (Å²) in [5, 5.41) is 10.8. The second-order valence-electron chi connectivity index (χ2n) is 4.04. The molecule has 78 valence electrons. The van der Waals surface area contributed by atoms with Crippen LogP contribution in [0.4, 0.5) is 0 Å². The highest BCUT2D eigenvalue weighted by Gasteiger charge is 2.07. The molecule has 0 saturated carbocycles. The Morgan fingerprint density at radius 1 is 1.20 bits per heavy atom. The Morgan fingerprint density at radius 3 is 2.60 bits per heavy atom. The van der Waals surface area contributed by atoms with E-state index in [9.17, 15) is 0 Å². The van der Waals surface area contributed by atoms with Crippen LogP contribution in [0.3, 0.4) is 0 Å². The van der Waals surface area contributed by atoms with Gasteiger partial charge in [-0.1, -0.05) is 32.0 Å². The van der Waals surface area contributed by atoms with Gasteiger partial charge in [-0.3, -0.25) is 0 Å². The van der Waals surface area contributed by atoms with Crippen molar-refractivity contribution in [2.24, 2.45) is 0 Å². The third kappa shape index (κ3) is 1.91. The van der Waals surface area contributed by atoms with E-state index in [1.807, 2.05) is 6.92 Å². The van der Waals surface area contributed by atoms with Gasteiger partial charge < -0.3 is 0 Å². The summed E-state index contributed by atoms with van der Waals surface area (Å²) in [7, 11) is 0. The lowest BCUT2D eigenvalue weighted by molar-refractivity contribution is 0.867. The molecule has 0 spiro atoms. The van der Waals surface area contributed by atoms with E-state index >= 15 is 0 Å². The third-order valence-electron chi connectivity index (χ3n) is 2.55. The van der Waals surface area contributed by atoms with Crippen molar-refractivity contribution in [2.45, 2.75) is 26.7 Å². The van der Waals surface area contributed by atoms with Crippen LogP contribution in [-0.4, -0.2) is 15.4 Å². The van der Waals surface area contributed by atoms with Gasteiger partial charge in [0.05, 0.1) is 5.69 Å². The van der Waals surface area contributed by atoms with Gasteiger partial charge in [-0.25, -0.2) is 0 Å². The van der Waals surface area contributed by atoms with Crippen molar-refractivity contribution in [1.82, 2.24) is 15.4 Å². The molecule has 0 unspecified atom stereocenters. The summed E-state index contributed by atoms with van der Waals surface area (Å²) < 4.78 is 0. The van der Waals surface area contributed by atoms with Gasteiger partial charge in [0.25, 0.3) is 0 Å². The van der Waals surface area contributed by atoms with Crippen molar-refractivity contribution in [3.05, 3.63) is 35.5 Å². The Kier molecular flexibility index (Phi) is 2.54. The zero-order chi connectivity index (χ0) is 10.8. The number of aromatic nitrogens is 3. The molecule has 0 saturated heterocycles. The molecule has 0 bridgehead atoms. The Labute approximate surface area is 89.5 Å². The van der Waals surface area contributed by atoms with Crippen molar-refractivity contribution < 1.29 is 0 Å². The monoisotopic (exact) mass is 201 g/mol. The second kappa shape index (κ2) is 3.85. The van der Waals surface area contributed by atoms with E-state index in [2.05, 4.69) is 53.5 Å². The minimum Gasteiger partial charge on any atom is -0.197 e. The maximum atomic E-state index is 4.15. The predicted molar refractivity (Wildman–Crippen MR) is 60.6 cm³/mol. The summed E-state index contributed by atoms with van der Waals surface area (Å²) in [6, 6.07) is 8.45. The van der Waals surface area contributed by atoms with Gasteiger partial charge in [0.2, 0.25) is 0 Å². The van der Waals surface area contributed by atoms with Crippen LogP contribution in [0.2, 0.25) is 0 Å². The molecule has 1 N–H and O–H groups in total. The maximum Gasteiger partial charge on any atom is 0.115 e. The highest BCUT2D eigenvalue weighted by atomic mass is 15.3. The molecule has 2 rings (SSSR count). The molecule has 0 atom stereocenters. The van der Waals surface area contributed by atoms with Gasteiger partial charge in [0.1, 0.15) is 5.69 Å². The number of hydrogen-bond acceptors (Lipinski definition) is 2. The number of nitrogens with zero attached hydrogens (tertiary/aromatic N) is 2. The lowest BCUT2D eigenvalue weighted by atomic mass is 9.99. The lowest BCUT2D eigenvalue weighted by Crippen LogP contribution is -1.88. The summed E-state index contributed by atoms with van der Waals surface area (Å²) in [5.74, 6) is 0.539. The largest absolute Gasteiger partial charge is 0.197 e. The van der Waals surface area contributed by atoms with E-state index in [0.29, 0.717) is 5.92 Å². The van der Waals surface area contributed by atoms with Gasteiger partial charge in [-0.15, -0.1) is 0 Å². The molecule has 0 aliphatic rings. The fourth-order valence-corrected chi connectivity index (χ4v) is 1.60. The van der Waals surface area contributed by atoms with Gasteiger partial charge >= 0.3 is 0 Å². The molecule has 1 aromatic heterocycles. The molecule has 0 aliphatic heterocycles. The number of hydrogen-bond donors (Lipinski definition) is 1. The smallest absolute Gasteiger partial charge is 0.115 e. The summed E-state index contributed by atoms with van der Waals surface area (Å²) in [6.07, 6.45) is 0. The van der Waals surface area contributed by atoms with Gasteiger partial charge in [0.15, 0.2) is 0 Å². The van der Waals surface area contributed by atoms with Gasteiger partial charge in [-0.05, 0) is 24.5 Å². The molecule has 3 nitrogen and oxygen atoms in total. The quantitative estimate of drug-likeness (QED) is 0.811. The molecule has 0 amide bonds. The van der Waals surface area contributed by atoms with Crippen molar-refractivity contribution in [2.75, 3.05) is 0 Å². The van der Waals surface area contributed by atoms with Crippen LogP contribution >= 0.6 is 0 Å². The topological polar surface area (TPSA) is 41.6 Å². The first-order valence-electron chi connectivity index (χ1n) is 5.16. The lowest BCUT2D eigenvalue weighted by Gasteiger charge is -2.06. The summed E-state index contributed by atoms with van der Waals surface area (Å²) >= 11 is 0. The average molecular weight is 201 g/mol. The number of benzene rings is 1. The van der Waals surface area contributed by atoms with Crippen LogP contribution in [0.5, 0.6) is 0 Å². The fraction of sp³-hybridized carbons (Fsp3) is 0.333. The number of aryl methyl sites for hydroxylation is 1. The number of nitrogens with one attached hydrogen (secondary N) is 1. The third-order valence-corrected chi connectivity index (χ3v) is 2.55. The first kappa shape index (κ1) is 9.90. The molecule has 15 heavy (non-hydrogen) atoms. The molecule has 0 fully saturated rings. The van der Waals surface area contributed by atoms with E-state index < -0.39 is 0 Å².